The molecule has 0 aromatic heterocycles. The van der Waals surface area contributed by atoms with Gasteiger partial charge in [0, 0.05) is 23.4 Å². The summed E-state index contributed by atoms with van der Waals surface area (Å²) in [6.07, 6.45) is 2.25. The van der Waals surface area contributed by atoms with Crippen molar-refractivity contribution in [3.05, 3.63) is 70.5 Å². The Bertz CT molecular complexity index is 696. The molecule has 0 radical (unpaired) electrons. The van der Waals surface area contributed by atoms with Gasteiger partial charge in [-0.1, -0.05) is 17.7 Å². The topological polar surface area (TPSA) is 29.1 Å². The minimum Gasteiger partial charge on any atom is -0.322 e. The highest BCUT2D eigenvalue weighted by atomic mass is 35.5. The molecular weight excluding hydrogens is 303 g/mol. The van der Waals surface area contributed by atoms with Gasteiger partial charge < -0.3 is 5.32 Å². The van der Waals surface area contributed by atoms with Gasteiger partial charge >= 0.3 is 0 Å². The van der Waals surface area contributed by atoms with Gasteiger partial charge in [-0.05, 0) is 30.3 Å². The van der Waals surface area contributed by atoms with Gasteiger partial charge in [-0.15, -0.1) is 0 Å². The van der Waals surface area contributed by atoms with Gasteiger partial charge in [-0.2, -0.15) is 0 Å². The molecular formula is C15H9ClF3NO. The van der Waals surface area contributed by atoms with Gasteiger partial charge in [0.05, 0.1) is 5.02 Å². The molecule has 2 aromatic carbocycles. The van der Waals surface area contributed by atoms with Crippen LogP contribution < -0.4 is 5.32 Å². The predicted molar refractivity (Wildman–Crippen MR) is 75.4 cm³/mol. The Morgan fingerprint density at radius 1 is 1.05 bits per heavy atom. The average molecular weight is 312 g/mol. The smallest absolute Gasteiger partial charge is 0.248 e. The van der Waals surface area contributed by atoms with E-state index in [2.05, 4.69) is 5.32 Å². The Kier molecular flexibility index (Phi) is 4.65. The van der Waals surface area contributed by atoms with Crippen molar-refractivity contribution in [1.29, 1.82) is 0 Å². The van der Waals surface area contributed by atoms with Crippen molar-refractivity contribution in [2.75, 3.05) is 5.32 Å². The van der Waals surface area contributed by atoms with E-state index in [0.29, 0.717) is 0 Å². The summed E-state index contributed by atoms with van der Waals surface area (Å²) in [5.41, 5.74) is 0.155. The lowest BCUT2D eigenvalue weighted by Gasteiger charge is -2.03. The highest BCUT2D eigenvalue weighted by Gasteiger charge is 2.06. The van der Waals surface area contributed by atoms with Crippen LogP contribution in [0.2, 0.25) is 5.02 Å². The first-order valence-electron chi connectivity index (χ1n) is 5.85. The summed E-state index contributed by atoms with van der Waals surface area (Å²) in [6.45, 7) is 0. The zero-order chi connectivity index (χ0) is 15.4. The summed E-state index contributed by atoms with van der Waals surface area (Å²) in [5.74, 6) is -3.28. The van der Waals surface area contributed by atoms with Crippen molar-refractivity contribution in [3.8, 4) is 0 Å². The first-order chi connectivity index (χ1) is 9.97. The van der Waals surface area contributed by atoms with Crippen molar-refractivity contribution in [3.63, 3.8) is 0 Å². The summed E-state index contributed by atoms with van der Waals surface area (Å²) >= 11 is 5.80. The first-order valence-corrected chi connectivity index (χ1v) is 6.23. The molecule has 0 aliphatic heterocycles. The highest BCUT2D eigenvalue weighted by molar-refractivity contribution is 6.32. The van der Waals surface area contributed by atoms with Crippen LogP contribution in [0.3, 0.4) is 0 Å². The SMILES string of the molecule is O=C(/C=C/c1c(F)cccc1Cl)Nc1ccc(F)c(F)c1. The molecule has 0 aliphatic rings. The molecule has 2 rings (SSSR count). The molecule has 0 heterocycles. The van der Waals surface area contributed by atoms with E-state index in [0.717, 1.165) is 18.2 Å². The maximum atomic E-state index is 13.5. The van der Waals surface area contributed by atoms with Crippen LogP contribution in [-0.2, 0) is 4.79 Å². The van der Waals surface area contributed by atoms with Crippen molar-refractivity contribution >= 4 is 29.3 Å². The molecule has 2 nitrogen and oxygen atoms in total. The second-order valence-electron chi connectivity index (χ2n) is 4.09. The van der Waals surface area contributed by atoms with Crippen molar-refractivity contribution in [2.24, 2.45) is 0 Å². The lowest BCUT2D eigenvalue weighted by atomic mass is 10.2. The molecule has 0 aliphatic carbocycles. The van der Waals surface area contributed by atoms with Crippen LogP contribution in [0.25, 0.3) is 6.08 Å². The number of anilines is 1. The maximum absolute atomic E-state index is 13.5. The molecule has 21 heavy (non-hydrogen) atoms. The molecule has 108 valence electrons. The Morgan fingerprint density at radius 2 is 1.81 bits per heavy atom. The number of carbonyl (C=O) groups excluding carboxylic acids is 1. The zero-order valence-corrected chi connectivity index (χ0v) is 11.3. The third-order valence-electron chi connectivity index (χ3n) is 2.59. The second kappa shape index (κ2) is 6.45. The summed E-state index contributed by atoms with van der Waals surface area (Å²) in [7, 11) is 0. The molecule has 2 aromatic rings. The normalized spacial score (nSPS) is 10.9. The lowest BCUT2D eigenvalue weighted by molar-refractivity contribution is -0.111. The highest BCUT2D eigenvalue weighted by Crippen LogP contribution is 2.20. The number of halogens is 4. The molecule has 0 spiro atoms. The van der Waals surface area contributed by atoms with Gasteiger partial charge in [0.1, 0.15) is 5.82 Å². The first kappa shape index (κ1) is 15.1. The minimum absolute atomic E-state index is 0.0691. The maximum Gasteiger partial charge on any atom is 0.248 e. The number of rotatable bonds is 3. The number of amides is 1. The predicted octanol–water partition coefficient (Wildman–Crippen LogP) is 4.41. The van der Waals surface area contributed by atoms with E-state index < -0.39 is 23.4 Å². The number of hydrogen-bond donors (Lipinski definition) is 1. The molecule has 1 N–H and O–H groups in total. The molecule has 0 saturated heterocycles. The summed E-state index contributed by atoms with van der Waals surface area (Å²) in [5, 5.41) is 2.48. The van der Waals surface area contributed by atoms with Crippen LogP contribution in [0.4, 0.5) is 18.9 Å². The van der Waals surface area contributed by atoms with Crippen LogP contribution >= 0.6 is 11.6 Å². The van der Waals surface area contributed by atoms with Crippen LogP contribution in [-0.4, -0.2) is 5.91 Å². The Hall–Kier alpha value is -2.27. The van der Waals surface area contributed by atoms with Crippen LogP contribution in [0.15, 0.2) is 42.5 Å². The van der Waals surface area contributed by atoms with Crippen molar-refractivity contribution in [1.82, 2.24) is 0 Å². The van der Waals surface area contributed by atoms with E-state index in [-0.39, 0.29) is 16.3 Å². The van der Waals surface area contributed by atoms with Crippen molar-refractivity contribution < 1.29 is 18.0 Å². The van der Waals surface area contributed by atoms with Gasteiger partial charge in [0.2, 0.25) is 5.91 Å². The van der Waals surface area contributed by atoms with Gasteiger partial charge in [-0.3, -0.25) is 4.79 Å². The summed E-state index contributed by atoms with van der Waals surface area (Å²) < 4.78 is 39.2. The van der Waals surface area contributed by atoms with E-state index in [1.54, 1.807) is 0 Å². The molecule has 0 unspecified atom stereocenters. The van der Waals surface area contributed by atoms with Crippen molar-refractivity contribution in [2.45, 2.75) is 0 Å². The van der Waals surface area contributed by atoms with Gasteiger partial charge in [0.25, 0.3) is 0 Å². The average Bonchev–Trinajstić information content (AvgIpc) is 2.42. The van der Waals surface area contributed by atoms with E-state index in [1.165, 1.54) is 30.3 Å². The van der Waals surface area contributed by atoms with Crippen LogP contribution in [0, 0.1) is 17.5 Å². The summed E-state index contributed by atoms with van der Waals surface area (Å²) in [4.78, 5) is 11.6. The van der Waals surface area contributed by atoms with E-state index in [9.17, 15) is 18.0 Å². The third kappa shape index (κ3) is 3.86. The fourth-order valence-corrected chi connectivity index (χ4v) is 1.81. The molecule has 1 amide bonds. The van der Waals surface area contributed by atoms with Crippen LogP contribution in [0.5, 0.6) is 0 Å². The molecule has 0 bridgehead atoms. The van der Waals surface area contributed by atoms with E-state index >= 15 is 0 Å². The quantitative estimate of drug-likeness (QED) is 0.836. The second-order valence-corrected chi connectivity index (χ2v) is 4.49. The largest absolute Gasteiger partial charge is 0.322 e. The van der Waals surface area contributed by atoms with E-state index in [1.807, 2.05) is 0 Å². The standard InChI is InChI=1S/C15H9ClF3NO/c16-11-2-1-3-12(17)10(11)5-7-15(21)20-9-4-6-13(18)14(19)8-9/h1-8H,(H,20,21)/b7-5+. The third-order valence-corrected chi connectivity index (χ3v) is 2.92. The van der Waals surface area contributed by atoms with Gasteiger partial charge in [-0.25, -0.2) is 13.2 Å². The fourth-order valence-electron chi connectivity index (χ4n) is 1.59. The monoisotopic (exact) mass is 311 g/mol. The number of nitrogens with one attached hydrogen (secondary N) is 1. The molecule has 6 heteroatoms. The number of carbonyl (C=O) groups is 1. The Balaban J connectivity index is 2.11. The fraction of sp³-hybridized carbons (Fsp3) is 0. The van der Waals surface area contributed by atoms with E-state index in [4.69, 9.17) is 11.6 Å². The van der Waals surface area contributed by atoms with Crippen LogP contribution in [0.1, 0.15) is 5.56 Å². The molecule has 0 fully saturated rings. The number of hydrogen-bond acceptors (Lipinski definition) is 1. The molecule has 0 saturated carbocycles. The summed E-state index contributed by atoms with van der Waals surface area (Å²) in [6, 6.07) is 7.08. The zero-order valence-electron chi connectivity index (χ0n) is 10.5. The van der Waals surface area contributed by atoms with Gasteiger partial charge in [0.15, 0.2) is 11.6 Å². The molecule has 0 atom stereocenters. The number of benzene rings is 2. The Morgan fingerprint density at radius 3 is 2.48 bits per heavy atom. The minimum atomic E-state index is -1.08. The lowest BCUT2D eigenvalue weighted by Crippen LogP contribution is -2.08. The Labute approximate surface area is 123 Å².